The number of hydrogen-bond acceptors (Lipinski definition) is 3. The predicted octanol–water partition coefficient (Wildman–Crippen LogP) is 3.46. The fourth-order valence-corrected chi connectivity index (χ4v) is 3.64. The van der Waals surface area contributed by atoms with Crippen LogP contribution in [0.25, 0.3) is 0 Å². The molecule has 1 aromatic rings. The second-order valence-corrected chi connectivity index (χ2v) is 6.50. The van der Waals surface area contributed by atoms with Crippen molar-refractivity contribution in [1.82, 2.24) is 0 Å². The molecule has 0 saturated carbocycles. The summed E-state index contributed by atoms with van der Waals surface area (Å²) in [4.78, 5) is 23.3. The molecule has 1 aromatic heterocycles. The molecule has 0 bridgehead atoms. The number of carbonyl (C=O) groups is 2. The average Bonchev–Trinajstić information content (AvgIpc) is 2.42. The number of carboxylic acids is 1. The minimum Gasteiger partial charge on any atom is -0.477 e. The summed E-state index contributed by atoms with van der Waals surface area (Å²) in [6.07, 6.45) is 0. The normalized spacial score (nSPS) is 11.4. The molecule has 0 atom stereocenters. The van der Waals surface area contributed by atoms with Crippen molar-refractivity contribution < 1.29 is 14.7 Å². The van der Waals surface area contributed by atoms with E-state index in [4.69, 9.17) is 5.11 Å². The molecule has 1 amide bonds. The Hall–Kier alpha value is -0.880. The molecule has 0 unspecified atom stereocenters. The van der Waals surface area contributed by atoms with Gasteiger partial charge < -0.3 is 10.4 Å². The first-order valence-electron chi connectivity index (χ1n) is 4.98. The summed E-state index contributed by atoms with van der Waals surface area (Å²) in [6, 6.07) is 0. The predicted molar refractivity (Wildman–Crippen MR) is 72.0 cm³/mol. The van der Waals surface area contributed by atoms with Crippen LogP contribution in [0.1, 0.15) is 42.2 Å². The van der Waals surface area contributed by atoms with E-state index in [1.165, 1.54) is 18.3 Å². The third kappa shape index (κ3) is 3.07. The third-order valence-corrected chi connectivity index (χ3v) is 4.69. The first-order chi connectivity index (χ1) is 7.64. The lowest BCUT2D eigenvalue weighted by Crippen LogP contribution is -2.11. The maximum absolute atomic E-state index is 11.1. The van der Waals surface area contributed by atoms with Gasteiger partial charge in [-0.15, -0.1) is 11.3 Å². The molecular formula is C11H14BrNO3S. The molecule has 1 rings (SSSR count). The molecule has 0 saturated heterocycles. The minimum absolute atomic E-state index is 0.150. The molecule has 0 aliphatic heterocycles. The number of anilines is 1. The van der Waals surface area contributed by atoms with Gasteiger partial charge in [-0.3, -0.25) is 4.79 Å². The fraction of sp³-hybridized carbons (Fsp3) is 0.455. The zero-order valence-electron chi connectivity index (χ0n) is 10.0. The van der Waals surface area contributed by atoms with Gasteiger partial charge in [-0.1, -0.05) is 20.8 Å². The molecule has 0 aliphatic rings. The van der Waals surface area contributed by atoms with Gasteiger partial charge in [0.05, 0.1) is 10.2 Å². The van der Waals surface area contributed by atoms with Gasteiger partial charge in [-0.05, 0) is 21.3 Å². The summed E-state index contributed by atoms with van der Waals surface area (Å²) < 4.78 is 0.655. The van der Waals surface area contributed by atoms with Crippen LogP contribution in [0.5, 0.6) is 0 Å². The van der Waals surface area contributed by atoms with Crippen molar-refractivity contribution in [1.29, 1.82) is 0 Å². The van der Waals surface area contributed by atoms with Crippen molar-refractivity contribution in [2.45, 2.75) is 33.1 Å². The number of thiophene rings is 1. The SMILES string of the molecule is CC(=O)Nc1c(C(=O)O)sc(C(C)(C)C)c1Br. The van der Waals surface area contributed by atoms with Crippen LogP contribution in [0.2, 0.25) is 0 Å². The highest BCUT2D eigenvalue weighted by atomic mass is 79.9. The van der Waals surface area contributed by atoms with E-state index < -0.39 is 5.97 Å². The molecule has 94 valence electrons. The van der Waals surface area contributed by atoms with Crippen LogP contribution in [-0.4, -0.2) is 17.0 Å². The van der Waals surface area contributed by atoms with E-state index in [1.807, 2.05) is 20.8 Å². The molecule has 17 heavy (non-hydrogen) atoms. The Morgan fingerprint density at radius 2 is 1.88 bits per heavy atom. The maximum Gasteiger partial charge on any atom is 0.348 e. The summed E-state index contributed by atoms with van der Waals surface area (Å²) in [7, 11) is 0. The number of nitrogens with one attached hydrogen (secondary N) is 1. The van der Waals surface area contributed by atoms with Gasteiger partial charge in [0.15, 0.2) is 0 Å². The molecule has 0 spiro atoms. The molecular weight excluding hydrogens is 306 g/mol. The number of carbonyl (C=O) groups excluding carboxylic acids is 1. The Kier molecular flexibility index (Phi) is 3.99. The van der Waals surface area contributed by atoms with Gasteiger partial charge in [0.1, 0.15) is 4.88 Å². The Morgan fingerprint density at radius 1 is 1.35 bits per heavy atom. The van der Waals surface area contributed by atoms with Crippen LogP contribution in [-0.2, 0) is 10.2 Å². The molecule has 2 N–H and O–H groups in total. The van der Waals surface area contributed by atoms with E-state index in [1.54, 1.807) is 0 Å². The number of rotatable bonds is 2. The smallest absolute Gasteiger partial charge is 0.348 e. The van der Waals surface area contributed by atoms with Gasteiger partial charge in [0.25, 0.3) is 0 Å². The van der Waals surface area contributed by atoms with E-state index >= 15 is 0 Å². The van der Waals surface area contributed by atoms with Crippen LogP contribution >= 0.6 is 27.3 Å². The van der Waals surface area contributed by atoms with Crippen LogP contribution < -0.4 is 5.32 Å². The minimum atomic E-state index is -1.03. The number of hydrogen-bond donors (Lipinski definition) is 2. The topological polar surface area (TPSA) is 66.4 Å². The van der Waals surface area contributed by atoms with Crippen LogP contribution in [0.3, 0.4) is 0 Å². The average molecular weight is 320 g/mol. The van der Waals surface area contributed by atoms with Crippen LogP contribution in [0, 0.1) is 0 Å². The summed E-state index contributed by atoms with van der Waals surface area (Å²) >= 11 is 4.55. The second kappa shape index (κ2) is 4.78. The second-order valence-electron chi connectivity index (χ2n) is 4.69. The van der Waals surface area contributed by atoms with E-state index in [9.17, 15) is 9.59 Å². The molecule has 0 fully saturated rings. The monoisotopic (exact) mass is 319 g/mol. The van der Waals surface area contributed by atoms with Gasteiger partial charge in [0.2, 0.25) is 5.91 Å². The van der Waals surface area contributed by atoms with E-state index in [2.05, 4.69) is 21.2 Å². The summed E-state index contributed by atoms with van der Waals surface area (Å²) in [5.74, 6) is -1.32. The summed E-state index contributed by atoms with van der Waals surface area (Å²) in [5, 5.41) is 11.7. The van der Waals surface area contributed by atoms with Crippen molar-refractivity contribution >= 4 is 44.8 Å². The van der Waals surface area contributed by atoms with E-state index in [0.29, 0.717) is 10.2 Å². The largest absolute Gasteiger partial charge is 0.477 e. The number of amides is 1. The van der Waals surface area contributed by atoms with Crippen LogP contribution in [0.15, 0.2) is 4.47 Å². The highest BCUT2D eigenvalue weighted by Gasteiger charge is 2.28. The highest BCUT2D eigenvalue weighted by Crippen LogP contribution is 2.43. The van der Waals surface area contributed by atoms with Gasteiger partial charge in [0, 0.05) is 11.8 Å². The quantitative estimate of drug-likeness (QED) is 0.877. The first kappa shape index (κ1) is 14.2. The fourth-order valence-electron chi connectivity index (χ4n) is 1.33. The lowest BCUT2D eigenvalue weighted by molar-refractivity contribution is -0.114. The Morgan fingerprint density at radius 3 is 2.24 bits per heavy atom. The maximum atomic E-state index is 11.1. The van der Waals surface area contributed by atoms with Crippen molar-refractivity contribution in [3.63, 3.8) is 0 Å². The molecule has 0 aromatic carbocycles. The zero-order chi connectivity index (χ0) is 13.4. The van der Waals surface area contributed by atoms with Gasteiger partial charge in [-0.25, -0.2) is 4.79 Å². The van der Waals surface area contributed by atoms with Crippen LogP contribution in [0.4, 0.5) is 5.69 Å². The van der Waals surface area contributed by atoms with Crippen molar-refractivity contribution in [3.05, 3.63) is 14.2 Å². The Labute approximate surface area is 112 Å². The Balaban J connectivity index is 3.40. The molecule has 6 heteroatoms. The van der Waals surface area contributed by atoms with Crippen molar-refractivity contribution in [3.8, 4) is 0 Å². The van der Waals surface area contributed by atoms with E-state index in [-0.39, 0.29) is 16.2 Å². The standard InChI is InChI=1S/C11H14BrNO3S/c1-5(14)13-7-6(12)9(11(2,3)4)17-8(7)10(15)16/h1-4H3,(H,13,14)(H,15,16). The van der Waals surface area contributed by atoms with Crippen molar-refractivity contribution in [2.75, 3.05) is 5.32 Å². The number of carboxylic acid groups (broad SMARTS) is 1. The molecule has 0 radical (unpaired) electrons. The zero-order valence-corrected chi connectivity index (χ0v) is 12.5. The first-order valence-corrected chi connectivity index (χ1v) is 6.59. The van der Waals surface area contributed by atoms with E-state index in [0.717, 1.165) is 4.88 Å². The van der Waals surface area contributed by atoms with Gasteiger partial charge >= 0.3 is 5.97 Å². The summed E-state index contributed by atoms with van der Waals surface area (Å²) in [6.45, 7) is 7.33. The van der Waals surface area contributed by atoms with Gasteiger partial charge in [-0.2, -0.15) is 0 Å². The van der Waals surface area contributed by atoms with Crippen molar-refractivity contribution in [2.24, 2.45) is 0 Å². The molecule has 4 nitrogen and oxygen atoms in total. The number of halogens is 1. The lowest BCUT2D eigenvalue weighted by atomic mass is 9.94. The highest BCUT2D eigenvalue weighted by molar-refractivity contribution is 9.10. The lowest BCUT2D eigenvalue weighted by Gasteiger charge is -2.16. The number of aromatic carboxylic acids is 1. The summed E-state index contributed by atoms with van der Waals surface area (Å²) in [5.41, 5.74) is 0.171. The Bertz CT molecular complexity index is 474. The molecule has 0 aliphatic carbocycles. The molecule has 1 heterocycles. The third-order valence-electron chi connectivity index (χ3n) is 2.03.